The molecule has 7 heteroatoms. The molecule has 0 unspecified atom stereocenters. The Labute approximate surface area is 163 Å². The molecule has 2 rings (SSSR count). The van der Waals surface area contributed by atoms with E-state index in [0.29, 0.717) is 39.7 Å². The molecule has 0 radical (unpaired) electrons. The molecule has 2 N–H and O–H groups in total. The number of nitrogens with two attached hydrogens (primary N) is 1. The summed E-state index contributed by atoms with van der Waals surface area (Å²) in [6, 6.07) is 8.11. The number of hydrogen-bond donors (Lipinski definition) is 1. The van der Waals surface area contributed by atoms with Crippen molar-refractivity contribution >= 4 is 17.8 Å². The van der Waals surface area contributed by atoms with Gasteiger partial charge in [-0.25, -0.2) is 0 Å². The number of amides is 1. The Morgan fingerprint density at radius 2 is 1.43 bits per heavy atom. The van der Waals surface area contributed by atoms with Gasteiger partial charge in [-0.3, -0.25) is 9.59 Å². The van der Waals surface area contributed by atoms with Crippen molar-refractivity contribution in [3.8, 4) is 23.0 Å². The highest BCUT2D eigenvalue weighted by atomic mass is 16.5. The number of methoxy groups -OCH3 is 4. The Kier molecular flexibility index (Phi) is 6.65. The van der Waals surface area contributed by atoms with Crippen molar-refractivity contribution < 1.29 is 28.5 Å². The Morgan fingerprint density at radius 1 is 0.857 bits per heavy atom. The summed E-state index contributed by atoms with van der Waals surface area (Å²) in [6.07, 6.45) is 1.66. The fraction of sp³-hybridized carbons (Fsp3) is 0.238. The van der Waals surface area contributed by atoms with E-state index in [1.807, 2.05) is 0 Å². The molecule has 7 nitrogen and oxygen atoms in total. The number of hydrogen-bond acceptors (Lipinski definition) is 6. The molecule has 2 aromatic rings. The minimum Gasteiger partial charge on any atom is -0.496 e. The van der Waals surface area contributed by atoms with Crippen molar-refractivity contribution in [1.29, 1.82) is 0 Å². The summed E-state index contributed by atoms with van der Waals surface area (Å²) < 4.78 is 21.0. The molecular formula is C21H23NO6. The number of benzene rings is 2. The number of allylic oxidation sites excluding steroid dienone is 1. The molecule has 0 saturated heterocycles. The SMILES string of the molecule is COc1ccc(C=C(C)C(=O)c2cc(OC)c(OC)c(OC)c2)cc1C(N)=O. The van der Waals surface area contributed by atoms with E-state index in [0.717, 1.165) is 0 Å². The van der Waals surface area contributed by atoms with Crippen LogP contribution in [0.25, 0.3) is 6.08 Å². The molecule has 1 amide bonds. The first-order valence-electron chi connectivity index (χ1n) is 8.37. The van der Waals surface area contributed by atoms with Crippen molar-refractivity contribution in [2.75, 3.05) is 28.4 Å². The molecular weight excluding hydrogens is 362 g/mol. The van der Waals surface area contributed by atoms with E-state index < -0.39 is 5.91 Å². The summed E-state index contributed by atoms with van der Waals surface area (Å²) in [5.74, 6) is 0.719. The molecule has 28 heavy (non-hydrogen) atoms. The fourth-order valence-electron chi connectivity index (χ4n) is 2.76. The van der Waals surface area contributed by atoms with Crippen LogP contribution in [-0.4, -0.2) is 40.1 Å². The molecule has 0 aliphatic rings. The Morgan fingerprint density at radius 3 is 1.89 bits per heavy atom. The molecule has 0 atom stereocenters. The van der Waals surface area contributed by atoms with Crippen molar-refractivity contribution in [2.45, 2.75) is 6.92 Å². The summed E-state index contributed by atoms with van der Waals surface area (Å²) >= 11 is 0. The second kappa shape index (κ2) is 8.94. The van der Waals surface area contributed by atoms with Gasteiger partial charge in [0.2, 0.25) is 5.75 Å². The Balaban J connectivity index is 2.44. The Hall–Kier alpha value is -3.48. The van der Waals surface area contributed by atoms with E-state index in [4.69, 9.17) is 24.7 Å². The van der Waals surface area contributed by atoms with E-state index >= 15 is 0 Å². The zero-order valence-corrected chi connectivity index (χ0v) is 16.5. The van der Waals surface area contributed by atoms with Crippen LogP contribution in [0, 0.1) is 0 Å². The molecule has 0 heterocycles. The average molecular weight is 385 g/mol. The van der Waals surface area contributed by atoms with Crippen LogP contribution in [0.4, 0.5) is 0 Å². The van der Waals surface area contributed by atoms with Crippen LogP contribution < -0.4 is 24.7 Å². The summed E-state index contributed by atoms with van der Waals surface area (Å²) in [5, 5.41) is 0. The first-order valence-corrected chi connectivity index (χ1v) is 8.37. The van der Waals surface area contributed by atoms with Crippen LogP contribution in [0.1, 0.15) is 33.2 Å². The van der Waals surface area contributed by atoms with Crippen molar-refractivity contribution in [3.63, 3.8) is 0 Å². The largest absolute Gasteiger partial charge is 0.496 e. The number of ether oxygens (including phenoxy) is 4. The number of primary amides is 1. The van der Waals surface area contributed by atoms with Crippen LogP contribution in [0.5, 0.6) is 23.0 Å². The molecule has 0 fully saturated rings. The van der Waals surface area contributed by atoms with Gasteiger partial charge in [0.05, 0.1) is 34.0 Å². The van der Waals surface area contributed by atoms with Crippen molar-refractivity contribution in [1.82, 2.24) is 0 Å². The second-order valence-corrected chi connectivity index (χ2v) is 5.89. The summed E-state index contributed by atoms with van der Waals surface area (Å²) in [7, 11) is 5.91. The van der Waals surface area contributed by atoms with Crippen LogP contribution in [0.3, 0.4) is 0 Å². The van der Waals surface area contributed by atoms with Gasteiger partial charge in [-0.2, -0.15) is 0 Å². The third kappa shape index (κ3) is 4.25. The first kappa shape index (κ1) is 20.8. The summed E-state index contributed by atoms with van der Waals surface area (Å²) in [4.78, 5) is 24.5. The lowest BCUT2D eigenvalue weighted by atomic mass is 10.0. The molecule has 0 aromatic heterocycles. The van der Waals surface area contributed by atoms with Gasteiger partial charge in [0.1, 0.15) is 5.75 Å². The smallest absolute Gasteiger partial charge is 0.252 e. The van der Waals surface area contributed by atoms with Crippen LogP contribution >= 0.6 is 0 Å². The molecule has 0 aliphatic carbocycles. The highest BCUT2D eigenvalue weighted by Crippen LogP contribution is 2.38. The first-order chi connectivity index (χ1) is 13.4. The van der Waals surface area contributed by atoms with E-state index in [2.05, 4.69) is 0 Å². The highest BCUT2D eigenvalue weighted by Gasteiger charge is 2.18. The van der Waals surface area contributed by atoms with Crippen molar-refractivity contribution in [2.24, 2.45) is 5.73 Å². The van der Waals surface area contributed by atoms with E-state index in [1.165, 1.54) is 28.4 Å². The minimum absolute atomic E-state index is 0.226. The topological polar surface area (TPSA) is 97.1 Å². The monoisotopic (exact) mass is 385 g/mol. The number of Topliss-reactive ketones (excluding diaryl/α,β-unsaturated/α-hetero) is 1. The molecule has 148 valence electrons. The zero-order valence-electron chi connectivity index (χ0n) is 16.5. The van der Waals surface area contributed by atoms with Gasteiger partial charge in [0.15, 0.2) is 17.3 Å². The molecule has 0 saturated carbocycles. The Bertz CT molecular complexity index is 907. The molecule has 0 spiro atoms. The third-order valence-electron chi connectivity index (χ3n) is 4.16. The van der Waals surface area contributed by atoms with Gasteiger partial charge in [-0.1, -0.05) is 6.07 Å². The van der Waals surface area contributed by atoms with Gasteiger partial charge in [-0.05, 0) is 48.4 Å². The predicted molar refractivity (Wildman–Crippen MR) is 106 cm³/mol. The summed E-state index contributed by atoms with van der Waals surface area (Å²) in [5.41, 5.74) is 7.11. The van der Waals surface area contributed by atoms with E-state index in [9.17, 15) is 9.59 Å². The maximum atomic E-state index is 12.9. The third-order valence-corrected chi connectivity index (χ3v) is 4.16. The minimum atomic E-state index is -0.610. The van der Waals surface area contributed by atoms with Gasteiger partial charge < -0.3 is 24.7 Å². The fourth-order valence-corrected chi connectivity index (χ4v) is 2.76. The molecule has 0 bridgehead atoms. The molecule has 0 aliphatic heterocycles. The maximum absolute atomic E-state index is 12.9. The van der Waals surface area contributed by atoms with Crippen LogP contribution in [0.2, 0.25) is 0 Å². The average Bonchev–Trinajstić information content (AvgIpc) is 2.71. The summed E-state index contributed by atoms with van der Waals surface area (Å²) in [6.45, 7) is 1.68. The van der Waals surface area contributed by atoms with Gasteiger partial charge in [-0.15, -0.1) is 0 Å². The van der Waals surface area contributed by atoms with Gasteiger partial charge in [0.25, 0.3) is 5.91 Å². The normalized spacial score (nSPS) is 11.0. The highest BCUT2D eigenvalue weighted by molar-refractivity contribution is 6.11. The lowest BCUT2D eigenvalue weighted by Gasteiger charge is -2.14. The van der Waals surface area contributed by atoms with E-state index in [-0.39, 0.29) is 11.3 Å². The number of carbonyl (C=O) groups excluding carboxylic acids is 2. The van der Waals surface area contributed by atoms with Crippen LogP contribution in [-0.2, 0) is 0 Å². The van der Waals surface area contributed by atoms with Gasteiger partial charge in [0, 0.05) is 5.56 Å². The molecule has 2 aromatic carbocycles. The second-order valence-electron chi connectivity index (χ2n) is 5.89. The lowest BCUT2D eigenvalue weighted by molar-refractivity contribution is 0.0995. The zero-order chi connectivity index (χ0) is 20.8. The number of rotatable bonds is 8. The number of ketones is 1. The quantitative estimate of drug-likeness (QED) is 0.554. The van der Waals surface area contributed by atoms with E-state index in [1.54, 1.807) is 43.3 Å². The number of carbonyl (C=O) groups is 2. The lowest BCUT2D eigenvalue weighted by Crippen LogP contribution is -2.12. The predicted octanol–water partition coefficient (Wildman–Crippen LogP) is 3.11. The van der Waals surface area contributed by atoms with Crippen molar-refractivity contribution in [3.05, 3.63) is 52.6 Å². The van der Waals surface area contributed by atoms with Crippen LogP contribution in [0.15, 0.2) is 35.9 Å². The van der Waals surface area contributed by atoms with Gasteiger partial charge >= 0.3 is 0 Å². The standard InChI is InChI=1S/C21H23NO6/c1-12(8-13-6-7-16(25-2)15(9-13)21(22)24)19(23)14-10-17(26-3)20(28-5)18(11-14)27-4/h6-11H,1-5H3,(H2,22,24). The maximum Gasteiger partial charge on any atom is 0.252 e.